The predicted molar refractivity (Wildman–Crippen MR) is 192 cm³/mol. The van der Waals surface area contributed by atoms with Gasteiger partial charge >= 0.3 is 24.3 Å². The van der Waals surface area contributed by atoms with Crippen molar-refractivity contribution in [2.45, 2.75) is 96.7 Å². The maximum atomic E-state index is 11.5. The molecule has 0 bridgehead atoms. The molecule has 49 heavy (non-hydrogen) atoms. The molecule has 258 valence electrons. The first-order valence-corrected chi connectivity index (χ1v) is 19.4. The average Bonchev–Trinajstić information content (AvgIpc) is 3.11. The van der Waals surface area contributed by atoms with Crippen LogP contribution in [0.3, 0.4) is 0 Å². The van der Waals surface area contributed by atoms with E-state index in [1.54, 1.807) is 0 Å². The molecule has 0 saturated heterocycles. The second-order valence-electron chi connectivity index (χ2n) is 14.1. The van der Waals surface area contributed by atoms with Gasteiger partial charge in [-0.1, -0.05) is 106 Å². The van der Waals surface area contributed by atoms with Crippen LogP contribution >= 0.6 is 0 Å². The van der Waals surface area contributed by atoms with E-state index in [1.807, 2.05) is 42.5 Å². The molecule has 0 aliphatic heterocycles. The zero-order valence-electron chi connectivity index (χ0n) is 29.1. The summed E-state index contributed by atoms with van der Waals surface area (Å²) in [4.78, 5) is 27.8. The van der Waals surface area contributed by atoms with Gasteiger partial charge in [-0.25, -0.2) is 9.78 Å². The monoisotopic (exact) mass is 829 g/mol. The molecule has 6 heteroatoms. The normalized spacial score (nSPS) is 17.3. The van der Waals surface area contributed by atoms with Gasteiger partial charge in [0, 0.05) is 17.6 Å². The number of carbonyl (C=O) groups is 1. The Morgan fingerprint density at radius 1 is 0.816 bits per heavy atom. The van der Waals surface area contributed by atoms with Crippen LogP contribution in [0.5, 0.6) is 5.75 Å². The first-order valence-electron chi connectivity index (χ1n) is 17.3. The Labute approximate surface area is 303 Å². The number of hydrogen-bond acceptors (Lipinski definition) is 5. The van der Waals surface area contributed by atoms with Crippen molar-refractivity contribution in [3.8, 4) is 5.75 Å². The number of aryl methyl sites for hydroxylation is 3. The van der Waals surface area contributed by atoms with Gasteiger partial charge in [-0.2, -0.15) is 0 Å². The van der Waals surface area contributed by atoms with Crippen molar-refractivity contribution in [2.75, 3.05) is 0 Å². The number of rotatable bonds is 12. The molecular weight excluding hydrogens is 780 g/mol. The SMILES string of the molecule is [CH2-]C(=O)Cc1ccc(COO[C@](c2ccccc2)(C(Oc2ccc3c(c2)CCCC3)OC2CCc3ccccc3C2)C(C)(C)C)cc1.[CH2]=[W]. The van der Waals surface area contributed by atoms with E-state index in [0.717, 1.165) is 54.5 Å². The topological polar surface area (TPSA) is 54.0 Å². The summed E-state index contributed by atoms with van der Waals surface area (Å²) in [6.07, 6.45) is 6.65. The van der Waals surface area contributed by atoms with Crippen molar-refractivity contribution in [3.63, 3.8) is 0 Å². The number of benzene rings is 4. The third-order valence-electron chi connectivity index (χ3n) is 9.67. The third-order valence-corrected chi connectivity index (χ3v) is 9.67. The van der Waals surface area contributed by atoms with Crippen molar-refractivity contribution in [1.29, 1.82) is 0 Å². The Morgan fingerprint density at radius 2 is 1.45 bits per heavy atom. The molecule has 0 spiro atoms. The Morgan fingerprint density at radius 3 is 2.14 bits per heavy atom. The molecule has 6 rings (SSSR count). The van der Waals surface area contributed by atoms with E-state index in [4.69, 9.17) is 19.2 Å². The number of ketones is 1. The molecule has 0 amide bonds. The van der Waals surface area contributed by atoms with Gasteiger partial charge in [-0.05, 0) is 96.0 Å². The zero-order chi connectivity index (χ0) is 34.9. The molecule has 0 aromatic heterocycles. The Balaban J connectivity index is 0.00000230. The quantitative estimate of drug-likeness (QED) is 0.0619. The van der Waals surface area contributed by atoms with Crippen LogP contribution in [0.2, 0.25) is 0 Å². The fourth-order valence-corrected chi connectivity index (χ4v) is 7.06. The fraction of sp³-hybridized carbons (Fsp3) is 0.372. The van der Waals surface area contributed by atoms with Crippen LogP contribution in [-0.4, -0.2) is 23.1 Å². The molecule has 3 atom stereocenters. The molecule has 0 radical (unpaired) electrons. The molecule has 0 fully saturated rings. The molecule has 4 aromatic carbocycles. The first-order chi connectivity index (χ1) is 23.7. The number of hydrogen-bond donors (Lipinski definition) is 0. The Kier molecular flexibility index (Phi) is 12.8. The van der Waals surface area contributed by atoms with Gasteiger partial charge in [-0.3, -0.25) is 0 Å². The molecule has 0 N–H and O–H groups in total. The predicted octanol–water partition coefficient (Wildman–Crippen LogP) is 8.85. The summed E-state index contributed by atoms with van der Waals surface area (Å²) in [5.41, 5.74) is 6.53. The second kappa shape index (κ2) is 17.0. The maximum absolute atomic E-state index is 11.5. The summed E-state index contributed by atoms with van der Waals surface area (Å²) in [5, 5.41) is 0. The van der Waals surface area contributed by atoms with Crippen LogP contribution < -0.4 is 4.74 Å². The summed E-state index contributed by atoms with van der Waals surface area (Å²) < 4.78 is 14.1. The van der Waals surface area contributed by atoms with Crippen molar-refractivity contribution >= 4 is 10.7 Å². The van der Waals surface area contributed by atoms with Crippen molar-refractivity contribution in [2.24, 2.45) is 5.41 Å². The van der Waals surface area contributed by atoms with Gasteiger partial charge in [-0.15, -0.1) is 0 Å². The summed E-state index contributed by atoms with van der Waals surface area (Å²) in [6.45, 7) is 10.2. The molecule has 2 aliphatic rings. The summed E-state index contributed by atoms with van der Waals surface area (Å²) in [5.74, 6) is 0.664. The fourth-order valence-electron chi connectivity index (χ4n) is 7.06. The van der Waals surface area contributed by atoms with Gasteiger partial charge < -0.3 is 21.2 Å². The minimum absolute atomic E-state index is 0.0649. The summed E-state index contributed by atoms with van der Waals surface area (Å²) in [6, 6.07) is 33.1. The van der Waals surface area contributed by atoms with Crippen LogP contribution in [0.4, 0.5) is 0 Å². The average molecular weight is 830 g/mol. The number of carbonyl (C=O) groups excluding carboxylic acids is 1. The molecular formula is C43H49O5W-. The van der Waals surface area contributed by atoms with Crippen LogP contribution in [0.1, 0.15) is 79.0 Å². The molecule has 2 unspecified atom stereocenters. The molecule has 2 aliphatic carbocycles. The summed E-state index contributed by atoms with van der Waals surface area (Å²) in [7, 11) is 0. The van der Waals surface area contributed by atoms with Crippen molar-refractivity contribution < 1.29 is 43.4 Å². The van der Waals surface area contributed by atoms with Gasteiger partial charge in [0.15, 0.2) is 5.60 Å². The van der Waals surface area contributed by atoms with Gasteiger partial charge in [0.05, 0.1) is 6.10 Å². The molecule has 0 heterocycles. The van der Waals surface area contributed by atoms with Crippen LogP contribution in [0.15, 0.2) is 97.1 Å². The van der Waals surface area contributed by atoms with E-state index in [2.05, 4.69) is 87.2 Å². The van der Waals surface area contributed by atoms with Crippen molar-refractivity contribution in [1.82, 2.24) is 0 Å². The van der Waals surface area contributed by atoms with E-state index < -0.39 is 17.3 Å². The van der Waals surface area contributed by atoms with Crippen molar-refractivity contribution in [3.05, 3.63) is 143 Å². The molecule has 0 saturated carbocycles. The molecule has 4 aromatic rings. The van der Waals surface area contributed by atoms with Gasteiger partial charge in [0.25, 0.3) is 0 Å². The second-order valence-corrected chi connectivity index (χ2v) is 14.1. The van der Waals surface area contributed by atoms with Gasteiger partial charge in [0.1, 0.15) is 12.4 Å². The van der Waals surface area contributed by atoms with E-state index in [1.165, 1.54) is 54.4 Å². The van der Waals surface area contributed by atoms with E-state index in [9.17, 15) is 4.79 Å². The molecule has 5 nitrogen and oxygen atoms in total. The van der Waals surface area contributed by atoms with Crippen LogP contribution in [0.25, 0.3) is 0 Å². The van der Waals surface area contributed by atoms with E-state index in [-0.39, 0.29) is 18.5 Å². The summed E-state index contributed by atoms with van der Waals surface area (Å²) >= 11 is 1.33. The minimum atomic E-state index is -1.15. The Hall–Kier alpha value is -3.34. The standard InChI is InChI=1S/C42H47O5.CH2.W/c1-30(43)26-31-18-20-32(21-19-31)29-44-47-42(41(2,3)4,37-16-6-5-7-17-37)40(45-38-24-22-33-12-8-10-14-35(33)27-38)46-39-25-23-34-13-9-11-15-36(34)28-39;;/h5-8,10,12,14,16-21,23,25,28,38,40H,1,9,11,13,15,22,24,26-27,29H2,2-4H3;1H2;/q-1;;/t38?,40?,42-;;/m1../s1. The number of fused-ring (bicyclic) bond motifs is 2. The van der Waals surface area contributed by atoms with Crippen LogP contribution in [-0.2, 0) is 83.0 Å². The van der Waals surface area contributed by atoms with E-state index >= 15 is 0 Å². The number of ether oxygens (including phenoxy) is 2. The third kappa shape index (κ3) is 9.07. The van der Waals surface area contributed by atoms with E-state index in [0.29, 0.717) is 6.42 Å². The Bertz CT molecular complexity index is 1660. The van der Waals surface area contributed by atoms with Gasteiger partial charge in [0.2, 0.25) is 6.29 Å². The first kappa shape index (κ1) is 36.9. The number of Topliss-reactive ketones (excluding diaryl/α,β-unsaturated/α-hetero) is 1. The zero-order valence-corrected chi connectivity index (χ0v) is 32.1. The van der Waals surface area contributed by atoms with Crippen LogP contribution in [0, 0.1) is 12.3 Å².